The van der Waals surface area contributed by atoms with Crippen molar-refractivity contribution in [2.45, 2.75) is 45.6 Å². The molecule has 1 saturated carbocycles. The van der Waals surface area contributed by atoms with Gasteiger partial charge in [0.25, 0.3) is 0 Å². The van der Waals surface area contributed by atoms with Crippen molar-refractivity contribution in [1.29, 1.82) is 0 Å². The first-order valence-electron chi connectivity index (χ1n) is 5.70. The summed E-state index contributed by atoms with van der Waals surface area (Å²) < 4.78 is 5.97. The Bertz CT molecular complexity index is 331. The van der Waals surface area contributed by atoms with Crippen molar-refractivity contribution >= 4 is 5.69 Å². The maximum absolute atomic E-state index is 5.98. The van der Waals surface area contributed by atoms with E-state index in [1.54, 1.807) is 0 Å². The minimum atomic E-state index is 0.383. The molecular weight excluding hydrogens is 186 g/mol. The van der Waals surface area contributed by atoms with Crippen molar-refractivity contribution < 1.29 is 4.74 Å². The van der Waals surface area contributed by atoms with Crippen LogP contribution in [0.3, 0.4) is 0 Å². The molecule has 0 saturated heterocycles. The second-order valence-corrected chi connectivity index (χ2v) is 4.52. The van der Waals surface area contributed by atoms with Gasteiger partial charge in [0.15, 0.2) is 0 Å². The molecule has 0 amide bonds. The zero-order valence-corrected chi connectivity index (χ0v) is 9.55. The van der Waals surface area contributed by atoms with Gasteiger partial charge in [0, 0.05) is 0 Å². The lowest BCUT2D eigenvalue weighted by Crippen LogP contribution is -2.13. The fourth-order valence-corrected chi connectivity index (χ4v) is 2.32. The van der Waals surface area contributed by atoms with E-state index in [0.717, 1.165) is 17.0 Å². The summed E-state index contributed by atoms with van der Waals surface area (Å²) in [5.74, 6) is 0.896. The van der Waals surface area contributed by atoms with Gasteiger partial charge in [0.05, 0.1) is 11.8 Å². The minimum Gasteiger partial charge on any atom is -0.488 e. The minimum absolute atomic E-state index is 0.383. The molecule has 0 aromatic heterocycles. The number of anilines is 1. The molecule has 1 aromatic rings. The lowest BCUT2D eigenvalue weighted by atomic mass is 10.1. The molecule has 0 aliphatic heterocycles. The molecule has 0 heterocycles. The third-order valence-corrected chi connectivity index (χ3v) is 3.03. The molecular formula is C13H19NO. The SMILES string of the molecule is Cc1cc(C)c(OC2CCCC2)c(N)c1. The largest absolute Gasteiger partial charge is 0.488 e. The lowest BCUT2D eigenvalue weighted by Gasteiger charge is -2.17. The average Bonchev–Trinajstić information content (AvgIpc) is 2.63. The van der Waals surface area contributed by atoms with Gasteiger partial charge in [-0.25, -0.2) is 0 Å². The quantitative estimate of drug-likeness (QED) is 0.752. The van der Waals surface area contributed by atoms with Gasteiger partial charge in [-0.3, -0.25) is 0 Å². The predicted molar refractivity (Wildman–Crippen MR) is 63.2 cm³/mol. The van der Waals surface area contributed by atoms with Gasteiger partial charge in [-0.1, -0.05) is 6.07 Å². The van der Waals surface area contributed by atoms with Crippen LogP contribution >= 0.6 is 0 Å². The molecule has 1 aromatic carbocycles. The number of rotatable bonds is 2. The van der Waals surface area contributed by atoms with E-state index in [4.69, 9.17) is 10.5 Å². The molecule has 2 N–H and O–H groups in total. The van der Waals surface area contributed by atoms with Crippen molar-refractivity contribution in [3.63, 3.8) is 0 Å². The van der Waals surface area contributed by atoms with E-state index < -0.39 is 0 Å². The van der Waals surface area contributed by atoms with E-state index in [2.05, 4.69) is 19.9 Å². The normalized spacial score (nSPS) is 16.9. The van der Waals surface area contributed by atoms with Crippen LogP contribution < -0.4 is 10.5 Å². The van der Waals surface area contributed by atoms with Crippen LogP contribution in [0.4, 0.5) is 5.69 Å². The Morgan fingerprint density at radius 1 is 1.20 bits per heavy atom. The van der Waals surface area contributed by atoms with Crippen molar-refractivity contribution in [2.75, 3.05) is 5.73 Å². The number of nitrogens with two attached hydrogens (primary N) is 1. The van der Waals surface area contributed by atoms with E-state index in [0.29, 0.717) is 6.10 Å². The third-order valence-electron chi connectivity index (χ3n) is 3.03. The highest BCUT2D eigenvalue weighted by Gasteiger charge is 2.18. The van der Waals surface area contributed by atoms with E-state index in [-0.39, 0.29) is 0 Å². The molecule has 0 radical (unpaired) electrons. The summed E-state index contributed by atoms with van der Waals surface area (Å²) in [6, 6.07) is 4.11. The number of nitrogen functional groups attached to an aromatic ring is 1. The summed E-state index contributed by atoms with van der Waals surface area (Å²) in [7, 11) is 0. The molecule has 0 unspecified atom stereocenters. The van der Waals surface area contributed by atoms with Crippen LogP contribution in [0.25, 0.3) is 0 Å². The zero-order chi connectivity index (χ0) is 10.8. The molecule has 0 spiro atoms. The summed E-state index contributed by atoms with van der Waals surface area (Å²) >= 11 is 0. The van der Waals surface area contributed by atoms with Crippen molar-refractivity contribution in [2.24, 2.45) is 0 Å². The van der Waals surface area contributed by atoms with Crippen molar-refractivity contribution in [3.8, 4) is 5.75 Å². The molecule has 2 rings (SSSR count). The highest BCUT2D eigenvalue weighted by atomic mass is 16.5. The molecule has 1 aliphatic rings. The predicted octanol–water partition coefficient (Wildman–Crippen LogP) is 3.21. The molecule has 82 valence electrons. The Hall–Kier alpha value is -1.18. The van der Waals surface area contributed by atoms with Crippen LogP contribution in [-0.2, 0) is 0 Å². The zero-order valence-electron chi connectivity index (χ0n) is 9.55. The first-order valence-corrected chi connectivity index (χ1v) is 5.70. The standard InChI is InChI=1S/C13H19NO/c1-9-7-10(2)13(12(14)8-9)15-11-5-3-4-6-11/h7-8,11H,3-6,14H2,1-2H3. The van der Waals surface area contributed by atoms with E-state index in [1.165, 1.54) is 31.2 Å². The van der Waals surface area contributed by atoms with Crippen LogP contribution in [0.1, 0.15) is 36.8 Å². The highest BCUT2D eigenvalue weighted by molar-refractivity contribution is 5.58. The second kappa shape index (κ2) is 4.13. The smallest absolute Gasteiger partial charge is 0.145 e. The van der Waals surface area contributed by atoms with Crippen LogP contribution in [-0.4, -0.2) is 6.10 Å². The fourth-order valence-electron chi connectivity index (χ4n) is 2.32. The van der Waals surface area contributed by atoms with Crippen LogP contribution in [0.5, 0.6) is 5.75 Å². The van der Waals surface area contributed by atoms with E-state index in [1.807, 2.05) is 6.07 Å². The summed E-state index contributed by atoms with van der Waals surface area (Å²) in [6.45, 7) is 4.12. The first kappa shape index (κ1) is 10.3. The number of hydrogen-bond donors (Lipinski definition) is 1. The number of hydrogen-bond acceptors (Lipinski definition) is 2. The molecule has 1 fully saturated rings. The maximum Gasteiger partial charge on any atom is 0.145 e. The van der Waals surface area contributed by atoms with E-state index in [9.17, 15) is 0 Å². The molecule has 1 aliphatic carbocycles. The molecule has 2 heteroatoms. The summed E-state index contributed by atoms with van der Waals surface area (Å²) in [4.78, 5) is 0. The Morgan fingerprint density at radius 2 is 1.87 bits per heavy atom. The van der Waals surface area contributed by atoms with Crippen molar-refractivity contribution in [1.82, 2.24) is 0 Å². The van der Waals surface area contributed by atoms with Gasteiger partial charge in [-0.05, 0) is 56.7 Å². The van der Waals surface area contributed by atoms with Gasteiger partial charge in [-0.15, -0.1) is 0 Å². The summed E-state index contributed by atoms with van der Waals surface area (Å²) in [5, 5.41) is 0. The van der Waals surface area contributed by atoms with Gasteiger partial charge >= 0.3 is 0 Å². The average molecular weight is 205 g/mol. The molecule has 2 nitrogen and oxygen atoms in total. The Morgan fingerprint density at radius 3 is 2.47 bits per heavy atom. The number of benzene rings is 1. The number of aryl methyl sites for hydroxylation is 2. The molecule has 0 atom stereocenters. The topological polar surface area (TPSA) is 35.2 Å². The molecule has 0 bridgehead atoms. The summed E-state index contributed by atoms with van der Waals surface area (Å²) in [5.41, 5.74) is 9.10. The molecule has 15 heavy (non-hydrogen) atoms. The highest BCUT2D eigenvalue weighted by Crippen LogP contribution is 2.31. The van der Waals surface area contributed by atoms with Gasteiger partial charge in [-0.2, -0.15) is 0 Å². The second-order valence-electron chi connectivity index (χ2n) is 4.52. The van der Waals surface area contributed by atoms with Crippen LogP contribution in [0.15, 0.2) is 12.1 Å². The number of ether oxygens (including phenoxy) is 1. The Balaban J connectivity index is 2.19. The lowest BCUT2D eigenvalue weighted by molar-refractivity contribution is 0.210. The van der Waals surface area contributed by atoms with Gasteiger partial charge in [0.1, 0.15) is 5.75 Å². The van der Waals surface area contributed by atoms with E-state index >= 15 is 0 Å². The van der Waals surface area contributed by atoms with Crippen LogP contribution in [0, 0.1) is 13.8 Å². The van der Waals surface area contributed by atoms with Crippen molar-refractivity contribution in [3.05, 3.63) is 23.3 Å². The fraction of sp³-hybridized carbons (Fsp3) is 0.538. The first-order chi connectivity index (χ1) is 7.16. The van der Waals surface area contributed by atoms with Crippen LogP contribution in [0.2, 0.25) is 0 Å². The Kier molecular flexibility index (Phi) is 2.85. The van der Waals surface area contributed by atoms with Gasteiger partial charge in [0.2, 0.25) is 0 Å². The monoisotopic (exact) mass is 205 g/mol. The third kappa shape index (κ3) is 2.25. The summed E-state index contributed by atoms with van der Waals surface area (Å²) in [6.07, 6.45) is 5.30. The van der Waals surface area contributed by atoms with Gasteiger partial charge < -0.3 is 10.5 Å². The maximum atomic E-state index is 5.98. The Labute approximate surface area is 91.4 Å².